The molecule has 0 saturated carbocycles. The molecule has 66 heavy (non-hydrogen) atoms. The van der Waals surface area contributed by atoms with Crippen LogP contribution in [-0.4, -0.2) is 4.57 Å². The average Bonchev–Trinajstić information content (AvgIpc) is 3.90. The zero-order valence-electron chi connectivity index (χ0n) is 37.7. The van der Waals surface area contributed by atoms with Crippen molar-refractivity contribution < 1.29 is 0 Å². The molecular weight excluding hydrogens is 797 g/mol. The molecule has 0 aliphatic heterocycles. The molecule has 1 heterocycles. The first-order valence-electron chi connectivity index (χ1n) is 23.3. The summed E-state index contributed by atoms with van der Waals surface area (Å²) in [5.74, 6) is 0. The van der Waals surface area contributed by atoms with Crippen molar-refractivity contribution in [3.05, 3.63) is 241 Å². The fourth-order valence-electron chi connectivity index (χ4n) is 11.7. The second-order valence-corrected chi connectivity index (χ2v) is 19.3. The standard InChI is InChI=1S/C64H48N2/c1-63(2)56-25-13-11-22-51(56)62-57(63)26-15-27-60(62)65(47-35-30-43(31-36-47)49-23-14-17-42-16-8-9-20-48(42)49)46-33-28-41(29-34-46)44-32-37-59-53(38-44)54-39-52-50-21-10-12-24-55(50)64(3,4)58(52)40-61(54)66(59)45-18-6-5-7-19-45/h5-40H,1-4H3. The Hall–Kier alpha value is -7.94. The van der Waals surface area contributed by atoms with Gasteiger partial charge in [-0.05, 0) is 139 Å². The van der Waals surface area contributed by atoms with Gasteiger partial charge in [-0.3, -0.25) is 0 Å². The minimum atomic E-state index is -0.113. The Bertz CT molecular complexity index is 3730. The Kier molecular flexibility index (Phi) is 8.33. The van der Waals surface area contributed by atoms with Gasteiger partial charge in [-0.2, -0.15) is 0 Å². The van der Waals surface area contributed by atoms with Crippen molar-refractivity contribution in [1.29, 1.82) is 0 Å². The molecule has 1 aromatic heterocycles. The van der Waals surface area contributed by atoms with E-state index in [9.17, 15) is 0 Å². The van der Waals surface area contributed by atoms with E-state index in [1.807, 2.05) is 0 Å². The summed E-state index contributed by atoms with van der Waals surface area (Å²) in [6, 6.07) is 81.2. The average molecular weight is 845 g/mol. The Labute approximate surface area is 386 Å². The maximum absolute atomic E-state index is 2.47. The summed E-state index contributed by atoms with van der Waals surface area (Å²) in [6.45, 7) is 9.46. The third kappa shape index (κ3) is 5.61. The molecule has 0 amide bonds. The molecule has 0 radical (unpaired) electrons. The quantitative estimate of drug-likeness (QED) is 0.162. The molecule has 0 N–H and O–H groups in total. The van der Waals surface area contributed by atoms with Crippen LogP contribution in [0, 0.1) is 0 Å². The number of aromatic nitrogens is 1. The third-order valence-electron chi connectivity index (χ3n) is 15.0. The largest absolute Gasteiger partial charge is 0.310 e. The molecular formula is C64H48N2. The van der Waals surface area contributed by atoms with Gasteiger partial charge in [-0.25, -0.2) is 0 Å². The van der Waals surface area contributed by atoms with Crippen molar-refractivity contribution in [2.24, 2.45) is 0 Å². The van der Waals surface area contributed by atoms with Gasteiger partial charge in [0, 0.05) is 44.2 Å². The number of hydrogen-bond donors (Lipinski definition) is 0. The molecule has 2 aliphatic carbocycles. The minimum absolute atomic E-state index is 0.0862. The third-order valence-corrected chi connectivity index (χ3v) is 15.0. The summed E-state index contributed by atoms with van der Waals surface area (Å²) in [7, 11) is 0. The van der Waals surface area contributed by atoms with Gasteiger partial charge in [0.1, 0.15) is 0 Å². The molecule has 2 heteroatoms. The predicted molar refractivity (Wildman–Crippen MR) is 279 cm³/mol. The van der Waals surface area contributed by atoms with E-state index in [0.29, 0.717) is 0 Å². The highest BCUT2D eigenvalue weighted by molar-refractivity contribution is 6.13. The van der Waals surface area contributed by atoms with Crippen molar-refractivity contribution in [3.8, 4) is 50.2 Å². The molecule has 0 unspecified atom stereocenters. The predicted octanol–water partition coefficient (Wildman–Crippen LogP) is 17.4. The number of rotatable bonds is 6. The van der Waals surface area contributed by atoms with E-state index >= 15 is 0 Å². The zero-order chi connectivity index (χ0) is 44.3. The molecule has 2 aliphatic rings. The van der Waals surface area contributed by atoms with Crippen LogP contribution < -0.4 is 4.90 Å². The summed E-state index contributed by atoms with van der Waals surface area (Å²) >= 11 is 0. The Balaban J connectivity index is 0.957. The summed E-state index contributed by atoms with van der Waals surface area (Å²) in [6.07, 6.45) is 0. The summed E-state index contributed by atoms with van der Waals surface area (Å²) < 4.78 is 2.46. The van der Waals surface area contributed by atoms with Gasteiger partial charge >= 0.3 is 0 Å². The van der Waals surface area contributed by atoms with Gasteiger partial charge < -0.3 is 9.47 Å². The molecule has 2 nitrogen and oxygen atoms in total. The van der Waals surface area contributed by atoms with E-state index < -0.39 is 0 Å². The molecule has 0 fully saturated rings. The first kappa shape index (κ1) is 38.5. The van der Waals surface area contributed by atoms with Gasteiger partial charge in [0.15, 0.2) is 0 Å². The number of fused-ring (bicyclic) bond motifs is 10. The van der Waals surface area contributed by atoms with E-state index in [0.717, 1.165) is 11.4 Å². The molecule has 314 valence electrons. The van der Waals surface area contributed by atoms with E-state index in [1.165, 1.54) is 111 Å². The van der Waals surface area contributed by atoms with Gasteiger partial charge in [-0.15, -0.1) is 0 Å². The minimum Gasteiger partial charge on any atom is -0.310 e. The van der Waals surface area contributed by atoms with E-state index in [2.05, 4.69) is 256 Å². The van der Waals surface area contributed by atoms with Crippen LogP contribution in [0.25, 0.3) is 82.8 Å². The molecule has 0 saturated heterocycles. The number of hydrogen-bond acceptors (Lipinski definition) is 1. The Morgan fingerprint density at radius 2 is 0.909 bits per heavy atom. The molecule has 10 aromatic carbocycles. The van der Waals surface area contributed by atoms with Crippen LogP contribution in [0.3, 0.4) is 0 Å². The van der Waals surface area contributed by atoms with E-state index in [1.54, 1.807) is 0 Å². The number of para-hydroxylation sites is 1. The SMILES string of the molecule is CC1(C)c2ccccc2-c2cc3c4cc(-c5ccc(N(c6ccc(-c7cccc8ccccc78)cc6)c6cccc7c6-c6ccccc6C7(C)C)cc5)ccc4n(-c4ccccc4)c3cc21. The van der Waals surface area contributed by atoms with E-state index in [-0.39, 0.29) is 10.8 Å². The lowest BCUT2D eigenvalue weighted by Gasteiger charge is -2.29. The lowest BCUT2D eigenvalue weighted by molar-refractivity contribution is 0.660. The highest BCUT2D eigenvalue weighted by atomic mass is 15.1. The lowest BCUT2D eigenvalue weighted by Crippen LogP contribution is -2.16. The maximum atomic E-state index is 2.47. The second-order valence-electron chi connectivity index (χ2n) is 19.3. The van der Waals surface area contributed by atoms with Crippen LogP contribution >= 0.6 is 0 Å². The Morgan fingerprint density at radius 1 is 0.348 bits per heavy atom. The molecule has 0 atom stereocenters. The van der Waals surface area contributed by atoms with Crippen LogP contribution in [0.5, 0.6) is 0 Å². The van der Waals surface area contributed by atoms with Crippen LogP contribution in [0.1, 0.15) is 49.9 Å². The van der Waals surface area contributed by atoms with Crippen LogP contribution in [0.2, 0.25) is 0 Å². The molecule has 13 rings (SSSR count). The smallest absolute Gasteiger partial charge is 0.0544 e. The fraction of sp³-hybridized carbons (Fsp3) is 0.0938. The van der Waals surface area contributed by atoms with Crippen LogP contribution in [0.4, 0.5) is 17.1 Å². The molecule has 0 spiro atoms. The number of nitrogens with zero attached hydrogens (tertiary/aromatic N) is 2. The zero-order valence-corrected chi connectivity index (χ0v) is 37.7. The first-order valence-corrected chi connectivity index (χ1v) is 23.3. The second kappa shape index (κ2) is 14.3. The highest BCUT2D eigenvalue weighted by Crippen LogP contribution is 2.55. The van der Waals surface area contributed by atoms with Crippen molar-refractivity contribution >= 4 is 49.6 Å². The van der Waals surface area contributed by atoms with E-state index in [4.69, 9.17) is 0 Å². The normalized spacial score (nSPS) is 14.0. The van der Waals surface area contributed by atoms with Crippen molar-refractivity contribution in [2.75, 3.05) is 4.90 Å². The van der Waals surface area contributed by atoms with Gasteiger partial charge in [0.25, 0.3) is 0 Å². The molecule has 0 bridgehead atoms. The summed E-state index contributed by atoms with van der Waals surface area (Å²) in [5, 5.41) is 5.05. The van der Waals surface area contributed by atoms with Crippen molar-refractivity contribution in [3.63, 3.8) is 0 Å². The topological polar surface area (TPSA) is 8.17 Å². The molecule has 11 aromatic rings. The van der Waals surface area contributed by atoms with Crippen LogP contribution in [-0.2, 0) is 10.8 Å². The summed E-state index contributed by atoms with van der Waals surface area (Å²) in [4.78, 5) is 2.46. The summed E-state index contributed by atoms with van der Waals surface area (Å²) in [5.41, 5.74) is 22.5. The van der Waals surface area contributed by atoms with Crippen molar-refractivity contribution in [1.82, 2.24) is 4.57 Å². The first-order chi connectivity index (χ1) is 32.3. The van der Waals surface area contributed by atoms with Crippen LogP contribution in [0.15, 0.2) is 218 Å². The van der Waals surface area contributed by atoms with Crippen molar-refractivity contribution in [2.45, 2.75) is 38.5 Å². The van der Waals surface area contributed by atoms with Gasteiger partial charge in [-0.1, -0.05) is 179 Å². The number of benzene rings is 10. The number of anilines is 3. The maximum Gasteiger partial charge on any atom is 0.0544 e. The highest BCUT2D eigenvalue weighted by Gasteiger charge is 2.38. The monoisotopic (exact) mass is 844 g/mol. The fourth-order valence-corrected chi connectivity index (χ4v) is 11.7. The van der Waals surface area contributed by atoms with Gasteiger partial charge in [0.2, 0.25) is 0 Å². The lowest BCUT2D eigenvalue weighted by atomic mass is 9.82. The van der Waals surface area contributed by atoms with Gasteiger partial charge in [0.05, 0.1) is 16.7 Å². The Morgan fingerprint density at radius 3 is 1.68 bits per heavy atom.